The summed E-state index contributed by atoms with van der Waals surface area (Å²) in [6.07, 6.45) is 0. The predicted octanol–water partition coefficient (Wildman–Crippen LogP) is 2.13. The van der Waals surface area contributed by atoms with Gasteiger partial charge in [0.1, 0.15) is 5.82 Å². The molecular weight excluding hydrogens is 299 g/mol. The summed E-state index contributed by atoms with van der Waals surface area (Å²) in [6.45, 7) is 3.52. The second kappa shape index (κ2) is 7.95. The Kier molecular flexibility index (Phi) is 6.58. The minimum atomic E-state index is -1.16. The number of hydrogen-bond donors (Lipinski definition) is 1. The minimum absolute atomic E-state index is 0.161. The Morgan fingerprint density at radius 1 is 1.48 bits per heavy atom. The highest BCUT2D eigenvalue weighted by atomic mass is 35.5. The van der Waals surface area contributed by atoms with Gasteiger partial charge in [-0.3, -0.25) is 4.79 Å². The topological polar surface area (TPSA) is 58.6 Å². The first kappa shape index (κ1) is 17.4. The number of anilines is 1. The maximum atomic E-state index is 13.1. The zero-order valence-electron chi connectivity index (χ0n) is 12.2. The van der Waals surface area contributed by atoms with E-state index in [0.29, 0.717) is 11.3 Å². The van der Waals surface area contributed by atoms with Gasteiger partial charge in [0.05, 0.1) is 18.2 Å². The van der Waals surface area contributed by atoms with Crippen LogP contribution in [0.1, 0.15) is 12.5 Å². The molecule has 0 saturated heterocycles. The summed E-state index contributed by atoms with van der Waals surface area (Å²) in [4.78, 5) is 23.7. The SMILES string of the molecule is CCOC(=O)C(C(=O)CCl)N(C)Nc1ccc(F)cc1C. The average Bonchev–Trinajstić information content (AvgIpc) is 2.42. The molecule has 7 heteroatoms. The molecule has 0 saturated carbocycles. The van der Waals surface area contributed by atoms with Crippen LogP contribution < -0.4 is 5.43 Å². The number of benzene rings is 1. The number of Topliss-reactive ketones (excluding diaryl/α,β-unsaturated/α-hetero) is 1. The van der Waals surface area contributed by atoms with Crippen LogP contribution >= 0.6 is 11.6 Å². The number of hydrazine groups is 1. The predicted molar refractivity (Wildman–Crippen MR) is 78.7 cm³/mol. The summed E-state index contributed by atoms with van der Waals surface area (Å²) >= 11 is 5.53. The molecule has 1 atom stereocenters. The van der Waals surface area contributed by atoms with Crippen LogP contribution in [-0.2, 0) is 14.3 Å². The standard InChI is InChI=1S/C14H18ClFN2O3/c1-4-21-14(20)13(12(19)8-15)18(3)17-11-6-5-10(16)7-9(11)2/h5-7,13,17H,4,8H2,1-3H3. The van der Waals surface area contributed by atoms with Crippen molar-refractivity contribution in [2.24, 2.45) is 0 Å². The highest BCUT2D eigenvalue weighted by Crippen LogP contribution is 2.17. The van der Waals surface area contributed by atoms with Crippen molar-refractivity contribution in [3.8, 4) is 0 Å². The Labute approximate surface area is 128 Å². The molecule has 0 amide bonds. The molecule has 0 aliphatic carbocycles. The van der Waals surface area contributed by atoms with E-state index in [1.807, 2.05) is 0 Å². The van der Waals surface area contributed by atoms with Crippen LogP contribution in [0.15, 0.2) is 18.2 Å². The van der Waals surface area contributed by atoms with Gasteiger partial charge in [-0.05, 0) is 37.6 Å². The fourth-order valence-corrected chi connectivity index (χ4v) is 1.95. The van der Waals surface area contributed by atoms with Gasteiger partial charge in [-0.1, -0.05) is 0 Å². The third-order valence-electron chi connectivity index (χ3n) is 2.82. The molecule has 0 radical (unpaired) electrons. The average molecular weight is 317 g/mol. The van der Waals surface area contributed by atoms with E-state index in [4.69, 9.17) is 16.3 Å². The van der Waals surface area contributed by atoms with E-state index in [1.54, 1.807) is 13.8 Å². The lowest BCUT2D eigenvalue weighted by Crippen LogP contribution is -2.49. The molecule has 1 aromatic carbocycles. The van der Waals surface area contributed by atoms with Gasteiger partial charge in [0, 0.05) is 7.05 Å². The fraction of sp³-hybridized carbons (Fsp3) is 0.429. The summed E-state index contributed by atoms with van der Waals surface area (Å²) in [6, 6.07) is 2.99. The van der Waals surface area contributed by atoms with Crippen LogP contribution in [0, 0.1) is 12.7 Å². The van der Waals surface area contributed by atoms with Gasteiger partial charge in [-0.2, -0.15) is 0 Å². The highest BCUT2D eigenvalue weighted by molar-refractivity contribution is 6.30. The van der Waals surface area contributed by atoms with Crippen LogP contribution in [0.2, 0.25) is 0 Å². The molecule has 116 valence electrons. The monoisotopic (exact) mass is 316 g/mol. The number of halogens is 2. The maximum Gasteiger partial charge on any atom is 0.332 e. The third-order valence-corrected chi connectivity index (χ3v) is 3.08. The first-order valence-electron chi connectivity index (χ1n) is 6.41. The van der Waals surface area contributed by atoms with E-state index in [0.717, 1.165) is 0 Å². The fourth-order valence-electron chi connectivity index (χ4n) is 1.81. The lowest BCUT2D eigenvalue weighted by Gasteiger charge is -2.26. The maximum absolute atomic E-state index is 13.1. The van der Waals surface area contributed by atoms with E-state index >= 15 is 0 Å². The van der Waals surface area contributed by atoms with E-state index < -0.39 is 17.8 Å². The number of rotatable bonds is 7. The molecule has 0 fully saturated rings. The lowest BCUT2D eigenvalue weighted by molar-refractivity contribution is -0.151. The first-order valence-corrected chi connectivity index (χ1v) is 6.95. The van der Waals surface area contributed by atoms with Crippen molar-refractivity contribution in [2.45, 2.75) is 19.9 Å². The number of nitrogens with one attached hydrogen (secondary N) is 1. The largest absolute Gasteiger partial charge is 0.464 e. The lowest BCUT2D eigenvalue weighted by atomic mass is 10.2. The number of likely N-dealkylation sites (N-methyl/N-ethyl adjacent to an activating group) is 1. The van der Waals surface area contributed by atoms with Gasteiger partial charge in [-0.15, -0.1) is 11.6 Å². The van der Waals surface area contributed by atoms with Gasteiger partial charge < -0.3 is 10.2 Å². The Bertz CT molecular complexity index is 525. The first-order chi connectivity index (χ1) is 9.90. The second-order valence-corrected chi connectivity index (χ2v) is 4.70. The van der Waals surface area contributed by atoms with Crippen molar-refractivity contribution >= 4 is 29.0 Å². The Morgan fingerprint density at radius 2 is 2.14 bits per heavy atom. The van der Waals surface area contributed by atoms with Gasteiger partial charge in [-0.25, -0.2) is 14.2 Å². The number of carbonyl (C=O) groups is 2. The number of hydrogen-bond acceptors (Lipinski definition) is 5. The Balaban J connectivity index is 2.92. The van der Waals surface area contributed by atoms with Gasteiger partial charge in [0.25, 0.3) is 0 Å². The highest BCUT2D eigenvalue weighted by Gasteiger charge is 2.31. The van der Waals surface area contributed by atoms with Crippen LogP contribution in [0.3, 0.4) is 0 Å². The molecule has 0 aliphatic rings. The van der Waals surface area contributed by atoms with Crippen molar-refractivity contribution in [1.82, 2.24) is 5.01 Å². The quantitative estimate of drug-likeness (QED) is 0.361. The number of ketones is 1. The number of aryl methyl sites for hydroxylation is 1. The second-order valence-electron chi connectivity index (χ2n) is 4.44. The third kappa shape index (κ3) is 4.68. The zero-order chi connectivity index (χ0) is 16.0. The van der Waals surface area contributed by atoms with Gasteiger partial charge in [0.2, 0.25) is 0 Å². The van der Waals surface area contributed by atoms with Crippen molar-refractivity contribution in [1.29, 1.82) is 0 Å². The molecule has 0 heterocycles. The smallest absolute Gasteiger partial charge is 0.332 e. The Hall–Kier alpha value is -1.66. The summed E-state index contributed by atoms with van der Waals surface area (Å²) in [5.74, 6) is -1.83. The molecule has 1 aromatic rings. The van der Waals surface area contributed by atoms with Gasteiger partial charge >= 0.3 is 5.97 Å². The van der Waals surface area contributed by atoms with Gasteiger partial charge in [0.15, 0.2) is 11.8 Å². The summed E-state index contributed by atoms with van der Waals surface area (Å²) < 4.78 is 17.9. The molecule has 1 rings (SSSR count). The van der Waals surface area contributed by atoms with Crippen LogP contribution in [0.5, 0.6) is 0 Å². The molecule has 0 bridgehead atoms. The Morgan fingerprint density at radius 3 is 2.67 bits per heavy atom. The van der Waals surface area contributed by atoms with E-state index in [-0.39, 0.29) is 18.3 Å². The molecular formula is C14H18ClFN2O3. The van der Waals surface area contributed by atoms with E-state index in [1.165, 1.54) is 30.3 Å². The molecule has 1 unspecified atom stereocenters. The molecule has 1 N–H and O–H groups in total. The normalized spacial score (nSPS) is 12.1. The summed E-state index contributed by atoms with van der Waals surface area (Å²) in [5, 5.41) is 1.31. The molecule has 21 heavy (non-hydrogen) atoms. The van der Waals surface area contributed by atoms with Crippen LogP contribution in [0.25, 0.3) is 0 Å². The van der Waals surface area contributed by atoms with Crippen molar-refractivity contribution in [3.63, 3.8) is 0 Å². The van der Waals surface area contributed by atoms with Crippen molar-refractivity contribution in [3.05, 3.63) is 29.6 Å². The number of esters is 1. The number of carbonyl (C=O) groups excluding carboxylic acids is 2. The van der Waals surface area contributed by atoms with E-state index in [2.05, 4.69) is 5.43 Å². The molecule has 0 aliphatic heterocycles. The van der Waals surface area contributed by atoms with Crippen molar-refractivity contribution < 1.29 is 18.7 Å². The summed E-state index contributed by atoms with van der Waals surface area (Å²) in [5.41, 5.74) is 4.10. The summed E-state index contributed by atoms with van der Waals surface area (Å²) in [7, 11) is 1.52. The number of nitrogens with zero attached hydrogens (tertiary/aromatic N) is 1. The zero-order valence-corrected chi connectivity index (χ0v) is 12.9. The van der Waals surface area contributed by atoms with E-state index in [9.17, 15) is 14.0 Å². The minimum Gasteiger partial charge on any atom is -0.464 e. The van der Waals surface area contributed by atoms with Crippen molar-refractivity contribution in [2.75, 3.05) is 25.0 Å². The molecule has 5 nitrogen and oxygen atoms in total. The van der Waals surface area contributed by atoms with Crippen LogP contribution in [-0.4, -0.2) is 42.3 Å². The number of alkyl halides is 1. The number of ether oxygens (including phenoxy) is 1. The molecule has 0 spiro atoms. The van der Waals surface area contributed by atoms with Crippen LogP contribution in [0.4, 0.5) is 10.1 Å². The molecule has 0 aromatic heterocycles.